The molecule has 2 rings (SSSR count). The van der Waals surface area contributed by atoms with Crippen LogP contribution in [-0.4, -0.2) is 33.0 Å². The summed E-state index contributed by atoms with van der Waals surface area (Å²) in [7, 11) is 2.02. The summed E-state index contributed by atoms with van der Waals surface area (Å²) in [5.74, 6) is 0. The minimum absolute atomic E-state index is 0.244. The fourth-order valence-corrected chi connectivity index (χ4v) is 2.95. The van der Waals surface area contributed by atoms with Crippen LogP contribution in [0.25, 0.3) is 0 Å². The van der Waals surface area contributed by atoms with E-state index in [0.29, 0.717) is 19.3 Å². The number of hydrogen-bond acceptors (Lipinski definition) is 3. The molecule has 112 valence electrons. The molecule has 0 radical (unpaired) electrons. The average Bonchev–Trinajstić information content (AvgIpc) is 2.65. The SMILES string of the molecule is CCCOCCOC1CCCc2ccccc2C1NC. The van der Waals surface area contributed by atoms with Gasteiger partial charge in [-0.3, -0.25) is 0 Å². The van der Waals surface area contributed by atoms with Gasteiger partial charge in [0.25, 0.3) is 0 Å². The van der Waals surface area contributed by atoms with E-state index in [4.69, 9.17) is 9.47 Å². The number of nitrogens with one attached hydrogen (secondary N) is 1. The second-order valence-corrected chi connectivity index (χ2v) is 5.38. The van der Waals surface area contributed by atoms with Crippen molar-refractivity contribution in [3.63, 3.8) is 0 Å². The zero-order chi connectivity index (χ0) is 14.2. The Hall–Kier alpha value is -0.900. The first kappa shape index (κ1) is 15.5. The molecule has 0 aliphatic heterocycles. The highest BCUT2D eigenvalue weighted by Crippen LogP contribution is 2.30. The highest BCUT2D eigenvalue weighted by Gasteiger charge is 2.26. The average molecular weight is 277 g/mol. The summed E-state index contributed by atoms with van der Waals surface area (Å²) in [6.45, 7) is 4.33. The summed E-state index contributed by atoms with van der Waals surface area (Å²) in [6, 6.07) is 9.01. The molecule has 1 aliphatic carbocycles. The molecule has 20 heavy (non-hydrogen) atoms. The van der Waals surface area contributed by atoms with Gasteiger partial charge in [-0.1, -0.05) is 31.2 Å². The Morgan fingerprint density at radius 1 is 1.20 bits per heavy atom. The maximum atomic E-state index is 6.08. The fraction of sp³-hybridized carbons (Fsp3) is 0.647. The summed E-state index contributed by atoms with van der Waals surface area (Å²) in [4.78, 5) is 0. The van der Waals surface area contributed by atoms with E-state index >= 15 is 0 Å². The molecule has 1 aromatic carbocycles. The maximum Gasteiger partial charge on any atom is 0.0771 e. The number of fused-ring (bicyclic) bond motifs is 1. The third kappa shape index (κ3) is 4.05. The smallest absolute Gasteiger partial charge is 0.0771 e. The van der Waals surface area contributed by atoms with Crippen molar-refractivity contribution in [3.8, 4) is 0 Å². The van der Waals surface area contributed by atoms with Crippen molar-refractivity contribution >= 4 is 0 Å². The van der Waals surface area contributed by atoms with Crippen LogP contribution in [0.1, 0.15) is 43.4 Å². The molecule has 3 nitrogen and oxygen atoms in total. The van der Waals surface area contributed by atoms with Gasteiger partial charge in [0.15, 0.2) is 0 Å². The van der Waals surface area contributed by atoms with Crippen molar-refractivity contribution in [1.82, 2.24) is 5.32 Å². The molecule has 0 saturated carbocycles. The van der Waals surface area contributed by atoms with Gasteiger partial charge in [-0.25, -0.2) is 0 Å². The standard InChI is InChI=1S/C17H27NO2/c1-3-11-19-12-13-20-16-10-6-8-14-7-4-5-9-15(14)17(16)18-2/h4-5,7,9,16-18H,3,6,8,10-13H2,1-2H3. The predicted octanol–water partition coefficient (Wildman–Crippen LogP) is 3.10. The Balaban J connectivity index is 1.95. The lowest BCUT2D eigenvalue weighted by atomic mass is 9.98. The number of rotatable bonds is 7. The van der Waals surface area contributed by atoms with Crippen molar-refractivity contribution in [2.45, 2.75) is 44.8 Å². The first-order valence-corrected chi connectivity index (χ1v) is 7.81. The number of benzene rings is 1. The van der Waals surface area contributed by atoms with Crippen LogP contribution in [0.4, 0.5) is 0 Å². The van der Waals surface area contributed by atoms with Crippen LogP contribution in [0.2, 0.25) is 0 Å². The highest BCUT2D eigenvalue weighted by atomic mass is 16.5. The molecule has 2 unspecified atom stereocenters. The minimum Gasteiger partial charge on any atom is -0.379 e. The Kier molecular flexibility index (Phi) is 6.51. The Morgan fingerprint density at radius 3 is 2.85 bits per heavy atom. The molecule has 0 heterocycles. The van der Waals surface area contributed by atoms with Gasteiger partial charge in [0, 0.05) is 6.61 Å². The van der Waals surface area contributed by atoms with Gasteiger partial charge in [-0.15, -0.1) is 0 Å². The Morgan fingerprint density at radius 2 is 2.05 bits per heavy atom. The van der Waals surface area contributed by atoms with Crippen molar-refractivity contribution in [3.05, 3.63) is 35.4 Å². The predicted molar refractivity (Wildman–Crippen MR) is 82.0 cm³/mol. The molecular weight excluding hydrogens is 250 g/mol. The van der Waals surface area contributed by atoms with Crippen LogP contribution >= 0.6 is 0 Å². The van der Waals surface area contributed by atoms with Gasteiger partial charge in [0.05, 0.1) is 25.4 Å². The first-order chi connectivity index (χ1) is 9.86. The number of ether oxygens (including phenoxy) is 2. The van der Waals surface area contributed by atoms with Crippen LogP contribution in [0, 0.1) is 0 Å². The summed E-state index contributed by atoms with van der Waals surface area (Å²) >= 11 is 0. The van der Waals surface area contributed by atoms with E-state index in [-0.39, 0.29) is 6.10 Å². The monoisotopic (exact) mass is 277 g/mol. The fourth-order valence-electron chi connectivity index (χ4n) is 2.95. The van der Waals surface area contributed by atoms with Gasteiger partial charge in [-0.2, -0.15) is 0 Å². The molecule has 1 aliphatic rings. The minimum atomic E-state index is 0.244. The molecule has 1 N–H and O–H groups in total. The lowest BCUT2D eigenvalue weighted by molar-refractivity contribution is -0.0141. The molecule has 0 bridgehead atoms. The van der Waals surface area contributed by atoms with Crippen LogP contribution in [0.3, 0.4) is 0 Å². The Labute approximate surface area is 122 Å². The van der Waals surface area contributed by atoms with Crippen molar-refractivity contribution < 1.29 is 9.47 Å². The Bertz CT molecular complexity index is 394. The third-order valence-corrected chi connectivity index (χ3v) is 3.92. The van der Waals surface area contributed by atoms with Gasteiger partial charge < -0.3 is 14.8 Å². The lowest BCUT2D eigenvalue weighted by Crippen LogP contribution is -2.32. The zero-order valence-corrected chi connectivity index (χ0v) is 12.7. The van der Waals surface area contributed by atoms with E-state index in [1.165, 1.54) is 17.5 Å². The molecule has 2 atom stereocenters. The van der Waals surface area contributed by atoms with E-state index in [0.717, 1.165) is 25.9 Å². The van der Waals surface area contributed by atoms with Gasteiger partial charge in [0.2, 0.25) is 0 Å². The second-order valence-electron chi connectivity index (χ2n) is 5.38. The number of likely N-dealkylation sites (N-methyl/N-ethyl adjacent to an activating group) is 1. The van der Waals surface area contributed by atoms with Crippen LogP contribution in [-0.2, 0) is 15.9 Å². The van der Waals surface area contributed by atoms with Gasteiger partial charge in [0.1, 0.15) is 0 Å². The molecule has 0 amide bonds. The zero-order valence-electron chi connectivity index (χ0n) is 12.7. The normalized spacial score (nSPS) is 22.3. The quantitative estimate of drug-likeness (QED) is 0.613. The molecule has 0 spiro atoms. The van der Waals surface area contributed by atoms with Crippen molar-refractivity contribution in [1.29, 1.82) is 0 Å². The van der Waals surface area contributed by atoms with Crippen LogP contribution < -0.4 is 5.32 Å². The van der Waals surface area contributed by atoms with Crippen LogP contribution in [0.15, 0.2) is 24.3 Å². The summed E-state index contributed by atoms with van der Waals surface area (Å²) in [6.07, 6.45) is 4.76. The molecular formula is C17H27NO2. The van der Waals surface area contributed by atoms with E-state index in [9.17, 15) is 0 Å². The van der Waals surface area contributed by atoms with Gasteiger partial charge in [-0.05, 0) is 43.9 Å². The van der Waals surface area contributed by atoms with E-state index in [1.54, 1.807) is 0 Å². The first-order valence-electron chi connectivity index (χ1n) is 7.81. The van der Waals surface area contributed by atoms with E-state index < -0.39 is 0 Å². The molecule has 1 aromatic rings. The van der Waals surface area contributed by atoms with E-state index in [2.05, 4.69) is 36.5 Å². The number of aryl methyl sites for hydroxylation is 1. The van der Waals surface area contributed by atoms with E-state index in [1.807, 2.05) is 7.05 Å². The highest BCUT2D eigenvalue weighted by molar-refractivity contribution is 5.32. The summed E-state index contributed by atoms with van der Waals surface area (Å²) in [5.41, 5.74) is 2.85. The third-order valence-electron chi connectivity index (χ3n) is 3.92. The number of hydrogen-bond donors (Lipinski definition) is 1. The lowest BCUT2D eigenvalue weighted by Gasteiger charge is -2.26. The molecule has 0 aromatic heterocycles. The molecule has 0 fully saturated rings. The molecule has 3 heteroatoms. The largest absolute Gasteiger partial charge is 0.379 e. The topological polar surface area (TPSA) is 30.5 Å². The van der Waals surface area contributed by atoms with Crippen molar-refractivity contribution in [2.24, 2.45) is 0 Å². The maximum absolute atomic E-state index is 6.08. The summed E-state index contributed by atoms with van der Waals surface area (Å²) in [5, 5.41) is 3.44. The van der Waals surface area contributed by atoms with Gasteiger partial charge >= 0.3 is 0 Å². The summed E-state index contributed by atoms with van der Waals surface area (Å²) < 4.78 is 11.6. The molecule has 0 saturated heterocycles. The second kappa shape index (κ2) is 8.40. The van der Waals surface area contributed by atoms with Crippen LogP contribution in [0.5, 0.6) is 0 Å². The van der Waals surface area contributed by atoms with Crippen molar-refractivity contribution in [2.75, 3.05) is 26.9 Å².